The van der Waals surface area contributed by atoms with E-state index in [1.165, 1.54) is 6.92 Å². The van der Waals surface area contributed by atoms with Crippen LogP contribution in [-0.2, 0) is 28.8 Å². The molecule has 5 amide bonds. The highest BCUT2D eigenvalue weighted by atomic mass is 16.3. The number of amides is 5. The molecule has 164 valence electrons. The molecule has 0 aromatic rings. The molecule has 0 heterocycles. The molecule has 2 atom stereocenters. The SMILES string of the molecule is CCC(N)C(=O)NC(CO)C(=O)NCC(=O)NCC(=O)NCC(=O)NCC(C)=O. The quantitative estimate of drug-likeness (QED) is 0.155. The van der Waals surface area contributed by atoms with Gasteiger partial charge in [0.15, 0.2) is 0 Å². The molecular weight excluding hydrogens is 388 g/mol. The Labute approximate surface area is 167 Å². The van der Waals surface area contributed by atoms with Crippen molar-refractivity contribution in [1.82, 2.24) is 26.6 Å². The molecule has 0 bridgehead atoms. The summed E-state index contributed by atoms with van der Waals surface area (Å²) in [5.74, 6) is -3.58. The van der Waals surface area contributed by atoms with Crippen LogP contribution in [-0.4, -0.2) is 85.3 Å². The Kier molecular flexibility index (Phi) is 12.5. The van der Waals surface area contributed by atoms with E-state index in [4.69, 9.17) is 5.73 Å². The summed E-state index contributed by atoms with van der Waals surface area (Å²) >= 11 is 0. The first-order valence-electron chi connectivity index (χ1n) is 8.84. The summed E-state index contributed by atoms with van der Waals surface area (Å²) in [6.45, 7) is 0.823. The first kappa shape index (κ1) is 25.9. The Morgan fingerprint density at radius 1 is 0.793 bits per heavy atom. The standard InChI is InChI=1S/C16H28N6O7/c1-3-10(17)15(28)22-11(8-23)16(29)21-7-14(27)20-6-13(26)19-5-12(25)18-4-9(2)24/h10-11,23H,3-8,17H2,1-2H3,(H,18,25)(H,19,26)(H,20,27)(H,21,29)(H,22,28). The molecule has 0 rings (SSSR count). The fraction of sp³-hybridized carbons (Fsp3) is 0.625. The molecule has 13 nitrogen and oxygen atoms in total. The zero-order valence-corrected chi connectivity index (χ0v) is 16.4. The summed E-state index contributed by atoms with van der Waals surface area (Å²) in [6.07, 6.45) is 0.342. The Balaban J connectivity index is 4.16. The van der Waals surface area contributed by atoms with Crippen molar-refractivity contribution in [3.05, 3.63) is 0 Å². The predicted molar refractivity (Wildman–Crippen MR) is 100 cm³/mol. The normalized spacial score (nSPS) is 12.1. The van der Waals surface area contributed by atoms with Crippen LogP contribution in [0.3, 0.4) is 0 Å². The number of nitrogens with two attached hydrogens (primary N) is 1. The zero-order valence-electron chi connectivity index (χ0n) is 16.4. The molecule has 0 aromatic carbocycles. The minimum absolute atomic E-state index is 0.148. The average Bonchev–Trinajstić information content (AvgIpc) is 2.70. The van der Waals surface area contributed by atoms with Gasteiger partial charge in [-0.15, -0.1) is 0 Å². The number of hydrogen-bond donors (Lipinski definition) is 7. The largest absolute Gasteiger partial charge is 0.394 e. The van der Waals surface area contributed by atoms with Gasteiger partial charge in [-0.1, -0.05) is 6.92 Å². The van der Waals surface area contributed by atoms with Crippen LogP contribution in [0, 0.1) is 0 Å². The van der Waals surface area contributed by atoms with Crippen molar-refractivity contribution in [1.29, 1.82) is 0 Å². The zero-order chi connectivity index (χ0) is 22.4. The molecule has 0 aliphatic carbocycles. The van der Waals surface area contributed by atoms with Gasteiger partial charge in [-0.3, -0.25) is 28.8 Å². The van der Waals surface area contributed by atoms with Gasteiger partial charge in [-0.25, -0.2) is 0 Å². The minimum Gasteiger partial charge on any atom is -0.394 e. The number of carbonyl (C=O) groups excluding carboxylic acids is 6. The summed E-state index contributed by atoms with van der Waals surface area (Å²) < 4.78 is 0. The van der Waals surface area contributed by atoms with E-state index in [0.717, 1.165) is 0 Å². The molecule has 0 aliphatic rings. The predicted octanol–water partition coefficient (Wildman–Crippen LogP) is -4.75. The van der Waals surface area contributed by atoms with Crippen LogP contribution in [0.2, 0.25) is 0 Å². The maximum absolute atomic E-state index is 11.9. The summed E-state index contributed by atoms with van der Waals surface area (Å²) in [7, 11) is 0. The molecule has 0 aliphatic heterocycles. The molecule has 0 saturated carbocycles. The second-order valence-corrected chi connectivity index (χ2v) is 6.01. The first-order chi connectivity index (χ1) is 13.6. The monoisotopic (exact) mass is 416 g/mol. The van der Waals surface area contributed by atoms with Gasteiger partial charge in [0.2, 0.25) is 29.5 Å². The molecule has 0 fully saturated rings. The van der Waals surface area contributed by atoms with Gasteiger partial charge < -0.3 is 37.4 Å². The molecule has 8 N–H and O–H groups in total. The highest BCUT2D eigenvalue weighted by molar-refractivity contribution is 5.93. The van der Waals surface area contributed by atoms with Crippen molar-refractivity contribution in [2.75, 3.05) is 32.8 Å². The third kappa shape index (κ3) is 12.1. The van der Waals surface area contributed by atoms with Crippen LogP contribution in [0.15, 0.2) is 0 Å². The molecule has 0 radical (unpaired) electrons. The van der Waals surface area contributed by atoms with Crippen molar-refractivity contribution >= 4 is 35.3 Å². The van der Waals surface area contributed by atoms with E-state index in [1.54, 1.807) is 6.92 Å². The van der Waals surface area contributed by atoms with Gasteiger partial charge in [0.25, 0.3) is 0 Å². The van der Waals surface area contributed by atoms with E-state index < -0.39 is 61.3 Å². The van der Waals surface area contributed by atoms with Gasteiger partial charge >= 0.3 is 0 Å². The highest BCUT2D eigenvalue weighted by Crippen LogP contribution is 1.90. The van der Waals surface area contributed by atoms with E-state index in [-0.39, 0.29) is 18.9 Å². The van der Waals surface area contributed by atoms with Gasteiger partial charge in [0.05, 0.1) is 38.8 Å². The second kappa shape index (κ2) is 14.0. The molecule has 13 heteroatoms. The van der Waals surface area contributed by atoms with Crippen molar-refractivity contribution in [3.63, 3.8) is 0 Å². The number of Topliss-reactive ketones (excluding diaryl/α,β-unsaturated/α-hetero) is 1. The molecule has 0 aromatic heterocycles. The molecule has 2 unspecified atom stereocenters. The van der Waals surface area contributed by atoms with Gasteiger partial charge in [-0.2, -0.15) is 0 Å². The maximum Gasteiger partial charge on any atom is 0.245 e. The molecule has 0 saturated heterocycles. The lowest BCUT2D eigenvalue weighted by Gasteiger charge is -2.18. The van der Waals surface area contributed by atoms with Gasteiger partial charge in [-0.05, 0) is 13.3 Å². The Hall–Kier alpha value is -3.06. The number of aliphatic hydroxyl groups excluding tert-OH is 1. The Bertz CT molecular complexity index is 625. The van der Waals surface area contributed by atoms with Crippen molar-refractivity contribution in [2.45, 2.75) is 32.4 Å². The smallest absolute Gasteiger partial charge is 0.245 e. The van der Waals surface area contributed by atoms with E-state index in [0.29, 0.717) is 6.42 Å². The number of aliphatic hydroxyl groups is 1. The fourth-order valence-electron chi connectivity index (χ4n) is 1.72. The Morgan fingerprint density at radius 2 is 1.24 bits per heavy atom. The third-order valence-corrected chi connectivity index (χ3v) is 3.44. The van der Waals surface area contributed by atoms with Gasteiger partial charge in [0.1, 0.15) is 11.8 Å². The molecular formula is C16H28N6O7. The van der Waals surface area contributed by atoms with Crippen molar-refractivity contribution < 1.29 is 33.9 Å². The van der Waals surface area contributed by atoms with E-state index in [2.05, 4.69) is 26.6 Å². The van der Waals surface area contributed by atoms with Crippen LogP contribution in [0.25, 0.3) is 0 Å². The summed E-state index contributed by atoms with van der Waals surface area (Å²) in [5.41, 5.74) is 5.52. The van der Waals surface area contributed by atoms with E-state index in [1.807, 2.05) is 0 Å². The second-order valence-electron chi connectivity index (χ2n) is 6.01. The van der Waals surface area contributed by atoms with Crippen LogP contribution in [0.1, 0.15) is 20.3 Å². The van der Waals surface area contributed by atoms with Crippen LogP contribution >= 0.6 is 0 Å². The average molecular weight is 416 g/mol. The maximum atomic E-state index is 11.9. The molecule has 29 heavy (non-hydrogen) atoms. The number of hydrogen-bond acceptors (Lipinski definition) is 8. The van der Waals surface area contributed by atoms with Crippen molar-refractivity contribution in [3.8, 4) is 0 Å². The van der Waals surface area contributed by atoms with Crippen LogP contribution in [0.5, 0.6) is 0 Å². The lowest BCUT2D eigenvalue weighted by molar-refractivity contribution is -0.132. The number of rotatable bonds is 13. The Morgan fingerprint density at radius 3 is 1.66 bits per heavy atom. The fourth-order valence-corrected chi connectivity index (χ4v) is 1.72. The van der Waals surface area contributed by atoms with Crippen molar-refractivity contribution in [2.24, 2.45) is 5.73 Å². The summed E-state index contributed by atoms with van der Waals surface area (Å²) in [4.78, 5) is 68.8. The van der Waals surface area contributed by atoms with E-state index in [9.17, 15) is 33.9 Å². The summed E-state index contributed by atoms with van der Waals surface area (Å²) in [5, 5.41) is 20.4. The lowest BCUT2D eigenvalue weighted by Crippen LogP contribution is -2.54. The third-order valence-electron chi connectivity index (χ3n) is 3.44. The lowest BCUT2D eigenvalue weighted by atomic mass is 10.2. The number of carbonyl (C=O) groups is 6. The highest BCUT2D eigenvalue weighted by Gasteiger charge is 2.22. The topological polar surface area (TPSA) is 209 Å². The van der Waals surface area contributed by atoms with Crippen LogP contribution < -0.4 is 32.3 Å². The minimum atomic E-state index is -1.27. The summed E-state index contributed by atoms with van der Waals surface area (Å²) in [6, 6.07) is -2.10. The van der Waals surface area contributed by atoms with Gasteiger partial charge in [0, 0.05) is 0 Å². The number of nitrogens with one attached hydrogen (secondary N) is 5. The van der Waals surface area contributed by atoms with E-state index >= 15 is 0 Å². The van der Waals surface area contributed by atoms with Crippen LogP contribution in [0.4, 0.5) is 0 Å². The number of ketones is 1. The first-order valence-corrected chi connectivity index (χ1v) is 8.84. The molecule has 0 spiro atoms.